The van der Waals surface area contributed by atoms with Crippen LogP contribution in [0.5, 0.6) is 0 Å². The number of unbranched alkanes of at least 4 members (excludes halogenated alkanes) is 2. The summed E-state index contributed by atoms with van der Waals surface area (Å²) in [6, 6.07) is 10.9. The number of nitrogens with one attached hydrogen (secondary N) is 2. The summed E-state index contributed by atoms with van der Waals surface area (Å²) in [7, 11) is 1.86. The summed E-state index contributed by atoms with van der Waals surface area (Å²) in [5, 5.41) is 11.5. The van der Waals surface area contributed by atoms with Crippen molar-refractivity contribution in [3.63, 3.8) is 0 Å². The summed E-state index contributed by atoms with van der Waals surface area (Å²) in [5.41, 5.74) is 5.11. The third kappa shape index (κ3) is 6.02. The van der Waals surface area contributed by atoms with Gasteiger partial charge < -0.3 is 15.4 Å². The van der Waals surface area contributed by atoms with Crippen molar-refractivity contribution in [2.75, 3.05) is 30.3 Å². The number of nitrogens with zero attached hydrogens (tertiary/aromatic N) is 4. The smallest absolute Gasteiger partial charge is 0.185 e. The number of hydrogen-bond acceptors (Lipinski definition) is 8. The van der Waals surface area contributed by atoms with Gasteiger partial charge in [0.2, 0.25) is 0 Å². The van der Waals surface area contributed by atoms with E-state index in [1.54, 1.807) is 4.68 Å². The van der Waals surface area contributed by atoms with Crippen LogP contribution in [0.25, 0.3) is 0 Å². The molecule has 2 aliphatic heterocycles. The van der Waals surface area contributed by atoms with Crippen molar-refractivity contribution in [1.82, 2.24) is 14.8 Å². The lowest BCUT2D eigenvalue weighted by atomic mass is 9.45. The Hall–Kier alpha value is -3.92. The summed E-state index contributed by atoms with van der Waals surface area (Å²) in [5.74, 6) is 3.31. The molecule has 6 aliphatic rings. The van der Waals surface area contributed by atoms with Crippen molar-refractivity contribution >= 4 is 28.7 Å². The molecule has 0 spiro atoms. The minimum Gasteiger partial charge on any atom is -0.385 e. The summed E-state index contributed by atoms with van der Waals surface area (Å²) in [4.78, 5) is 34.3. The summed E-state index contributed by atoms with van der Waals surface area (Å²) in [6.07, 6.45) is 15.6. The Morgan fingerprint density at radius 2 is 1.81 bits per heavy atom. The molecular formula is C44H55FN6O3. The molecule has 3 heterocycles. The number of aliphatic imine (C=N–C) groups is 1. The molecule has 4 fully saturated rings. The second-order valence-electron chi connectivity index (χ2n) is 17.8. The molecule has 2 aromatic carbocycles. The molecule has 3 aromatic rings. The fourth-order valence-electron chi connectivity index (χ4n) is 12.3. The highest BCUT2D eigenvalue weighted by atomic mass is 19.1. The van der Waals surface area contributed by atoms with E-state index >= 15 is 0 Å². The van der Waals surface area contributed by atoms with Crippen LogP contribution in [0, 0.1) is 40.3 Å². The molecule has 9 rings (SSSR count). The molecule has 0 amide bonds. The van der Waals surface area contributed by atoms with E-state index in [4.69, 9.17) is 9.73 Å². The number of ketones is 2. The average Bonchev–Trinajstić information content (AvgIpc) is 3.74. The van der Waals surface area contributed by atoms with Crippen molar-refractivity contribution in [2.45, 2.75) is 109 Å². The van der Waals surface area contributed by atoms with Crippen LogP contribution < -0.4 is 10.6 Å². The van der Waals surface area contributed by atoms with Gasteiger partial charge in [0, 0.05) is 55.5 Å². The van der Waals surface area contributed by atoms with E-state index in [-0.39, 0.29) is 24.3 Å². The van der Waals surface area contributed by atoms with Crippen molar-refractivity contribution in [1.29, 1.82) is 0 Å². The average molecular weight is 735 g/mol. The molecule has 0 saturated heterocycles. The van der Waals surface area contributed by atoms with Crippen LogP contribution in [-0.4, -0.2) is 57.8 Å². The molecule has 0 bridgehead atoms. The minimum atomic E-state index is -0.441. The number of hydrogen-bond donors (Lipinski definition) is 2. The second-order valence-corrected chi connectivity index (χ2v) is 17.8. The van der Waals surface area contributed by atoms with Crippen LogP contribution in [-0.2, 0) is 16.6 Å². The van der Waals surface area contributed by atoms with Gasteiger partial charge in [0.15, 0.2) is 5.78 Å². The Labute approximate surface area is 318 Å². The third-order valence-electron chi connectivity index (χ3n) is 15.2. The maximum Gasteiger partial charge on any atom is 0.185 e. The molecule has 286 valence electrons. The Morgan fingerprint density at radius 3 is 2.63 bits per heavy atom. The number of aryl methyl sites for hydroxylation is 1. The lowest BCUT2D eigenvalue weighted by Gasteiger charge is -2.60. The van der Waals surface area contributed by atoms with Crippen LogP contribution in [0.3, 0.4) is 0 Å². The van der Waals surface area contributed by atoms with Crippen LogP contribution >= 0.6 is 0 Å². The van der Waals surface area contributed by atoms with E-state index in [2.05, 4.69) is 58.8 Å². The SMILES string of the molecule is Cn1ncnc1C1C2=NCC(=O)c3cc(F)cc(c32)N[C@@H]1c1ccc(NCCCCCO[C@H]2CC[C@H]3[C@@H]4CC[C@H]5CC(=O)CC[C@]5(C)[C@H]4CC[C@]23C)cc1. The van der Waals surface area contributed by atoms with Gasteiger partial charge in [-0.1, -0.05) is 26.0 Å². The molecule has 9 nitrogen and oxygen atoms in total. The predicted octanol–water partition coefficient (Wildman–Crippen LogP) is 8.47. The van der Waals surface area contributed by atoms with Crippen LogP contribution in [0.2, 0.25) is 0 Å². The molecular weight excluding hydrogens is 680 g/mol. The number of aromatic nitrogens is 3. The highest BCUT2D eigenvalue weighted by Crippen LogP contribution is 2.66. The number of Topliss-reactive ketones (excluding diaryl/α,β-unsaturated/α-hetero) is 2. The molecule has 0 radical (unpaired) electrons. The maximum absolute atomic E-state index is 14.7. The Bertz CT molecular complexity index is 1960. The fraction of sp³-hybridized carbons (Fsp3) is 0.614. The lowest BCUT2D eigenvalue weighted by Crippen LogP contribution is -2.54. The summed E-state index contributed by atoms with van der Waals surface area (Å²) < 4.78 is 23.1. The van der Waals surface area contributed by atoms with Gasteiger partial charge in [-0.15, -0.1) is 0 Å². The highest BCUT2D eigenvalue weighted by molar-refractivity contribution is 6.21. The molecule has 9 atom stereocenters. The standard InChI is InChI=1S/C44H55FN6O3/c1-43-17-15-30(52)21-27(43)9-12-31-33-13-14-37(44(33,2)18-16-34(31)43)54-20-6-4-5-19-46-29-10-7-26(8-11-29)40-39(42-48-25-49-51(42)3)41-38-32(36(53)24-47-41)22-28(45)23-35(38)50-40/h7-8,10-11,22-23,25,27,31,33-34,37,39-40,46,50H,4-6,9,12-21,24H2,1-3H3/t27-,31-,33-,34-,37-,39?,40+,43-,44-/m0/s1. The van der Waals surface area contributed by atoms with E-state index in [0.29, 0.717) is 45.4 Å². The molecule has 1 aromatic heterocycles. The first-order chi connectivity index (χ1) is 26.1. The summed E-state index contributed by atoms with van der Waals surface area (Å²) in [6.45, 7) is 6.80. The van der Waals surface area contributed by atoms with Crippen molar-refractivity contribution in [3.05, 3.63) is 71.1 Å². The predicted molar refractivity (Wildman–Crippen MR) is 207 cm³/mol. The van der Waals surface area contributed by atoms with E-state index in [1.165, 1.54) is 57.0 Å². The number of fused-ring (bicyclic) bond motifs is 5. The molecule has 4 saturated carbocycles. The number of ether oxygens (including phenoxy) is 1. The third-order valence-corrected chi connectivity index (χ3v) is 15.2. The number of anilines is 2. The number of carbonyl (C=O) groups is 2. The van der Waals surface area contributed by atoms with E-state index in [1.807, 2.05) is 7.05 Å². The highest BCUT2D eigenvalue weighted by Gasteiger charge is 2.60. The summed E-state index contributed by atoms with van der Waals surface area (Å²) >= 11 is 0. The zero-order valence-electron chi connectivity index (χ0n) is 32.1. The van der Waals surface area contributed by atoms with Gasteiger partial charge in [-0.05, 0) is 129 Å². The zero-order valence-corrected chi connectivity index (χ0v) is 32.1. The molecule has 54 heavy (non-hydrogen) atoms. The van der Waals surface area contributed by atoms with Gasteiger partial charge in [-0.25, -0.2) is 9.37 Å². The van der Waals surface area contributed by atoms with E-state index < -0.39 is 5.82 Å². The monoisotopic (exact) mass is 734 g/mol. The molecule has 2 N–H and O–H groups in total. The zero-order chi connectivity index (χ0) is 37.2. The lowest BCUT2D eigenvalue weighted by molar-refractivity contribution is -0.145. The quantitative estimate of drug-likeness (QED) is 0.201. The number of halogens is 1. The fourth-order valence-corrected chi connectivity index (χ4v) is 12.3. The minimum absolute atomic E-state index is 0.00603. The first-order valence-corrected chi connectivity index (χ1v) is 20.6. The van der Waals surface area contributed by atoms with E-state index in [9.17, 15) is 14.0 Å². The van der Waals surface area contributed by atoms with Gasteiger partial charge >= 0.3 is 0 Å². The second kappa shape index (κ2) is 14.0. The van der Waals surface area contributed by atoms with Crippen LogP contribution in [0.15, 0.2) is 47.7 Å². The van der Waals surface area contributed by atoms with Gasteiger partial charge in [0.25, 0.3) is 0 Å². The normalized spacial score (nSPS) is 33.9. The van der Waals surface area contributed by atoms with Gasteiger partial charge in [0.1, 0.15) is 30.3 Å². The Balaban J connectivity index is 0.771. The van der Waals surface area contributed by atoms with Crippen molar-refractivity contribution in [3.8, 4) is 0 Å². The number of benzene rings is 2. The largest absolute Gasteiger partial charge is 0.385 e. The maximum atomic E-state index is 14.7. The molecule has 4 aliphatic carbocycles. The first kappa shape index (κ1) is 35.8. The van der Waals surface area contributed by atoms with Gasteiger partial charge in [-0.3, -0.25) is 19.3 Å². The van der Waals surface area contributed by atoms with Crippen LogP contribution in [0.1, 0.15) is 130 Å². The van der Waals surface area contributed by atoms with Crippen molar-refractivity contribution < 1.29 is 18.7 Å². The van der Waals surface area contributed by atoms with E-state index in [0.717, 1.165) is 92.2 Å². The first-order valence-electron chi connectivity index (χ1n) is 20.6. The Kier molecular flexibility index (Phi) is 9.26. The van der Waals surface area contributed by atoms with Crippen LogP contribution in [0.4, 0.5) is 15.8 Å². The van der Waals surface area contributed by atoms with Crippen molar-refractivity contribution in [2.24, 2.45) is 46.5 Å². The Morgan fingerprint density at radius 1 is 0.981 bits per heavy atom. The number of rotatable bonds is 10. The van der Waals surface area contributed by atoms with Gasteiger partial charge in [-0.2, -0.15) is 5.10 Å². The van der Waals surface area contributed by atoms with Gasteiger partial charge in [0.05, 0.1) is 23.8 Å². The molecule has 1 unspecified atom stereocenters. The number of carbonyl (C=O) groups excluding carboxylic acids is 2. The topological polar surface area (TPSA) is 110 Å². The molecule has 10 heteroatoms.